The minimum atomic E-state index is -2.96. The van der Waals surface area contributed by atoms with Gasteiger partial charge in [-0.05, 0) is 44.0 Å². The molecule has 2 heterocycles. The highest BCUT2D eigenvalue weighted by atomic mass is 32.2. The predicted molar refractivity (Wildman–Crippen MR) is 105 cm³/mol. The van der Waals surface area contributed by atoms with Crippen LogP contribution in [0.15, 0.2) is 35.1 Å². The summed E-state index contributed by atoms with van der Waals surface area (Å²) >= 11 is 0. The van der Waals surface area contributed by atoms with Crippen LogP contribution in [0.5, 0.6) is 11.5 Å². The van der Waals surface area contributed by atoms with E-state index in [1.807, 2.05) is 18.4 Å². The average molecular weight is 409 g/mol. The Bertz CT molecular complexity index is 945. The maximum atomic E-state index is 12.7. The van der Waals surface area contributed by atoms with Crippen molar-refractivity contribution in [1.82, 2.24) is 4.57 Å². The van der Waals surface area contributed by atoms with Gasteiger partial charge in [-0.1, -0.05) is 6.07 Å². The van der Waals surface area contributed by atoms with Crippen LogP contribution >= 0.6 is 0 Å². The second kappa shape index (κ2) is 8.68. The van der Waals surface area contributed by atoms with Crippen LogP contribution in [-0.2, 0) is 10.8 Å². The van der Waals surface area contributed by atoms with Crippen molar-refractivity contribution in [3.63, 3.8) is 0 Å². The van der Waals surface area contributed by atoms with Crippen molar-refractivity contribution < 1.29 is 22.5 Å². The van der Waals surface area contributed by atoms with Crippen molar-refractivity contribution in [3.05, 3.63) is 57.5 Å². The molecule has 3 rings (SSSR count). The Balaban J connectivity index is 1.88. The Morgan fingerprint density at radius 2 is 1.89 bits per heavy atom. The van der Waals surface area contributed by atoms with Crippen molar-refractivity contribution in [2.24, 2.45) is 0 Å². The van der Waals surface area contributed by atoms with E-state index in [0.29, 0.717) is 23.5 Å². The fraction of sp³-hybridized carbons (Fsp3) is 0.350. The van der Waals surface area contributed by atoms with Crippen LogP contribution in [-0.4, -0.2) is 33.0 Å². The SMILES string of the molecule is Cc1cc(=O)cc(C)n1/C=C/c1ccc(OC(F)F)c(O[C@H]2CCS(=O)C2)c1. The fourth-order valence-electron chi connectivity index (χ4n) is 3.09. The number of aromatic nitrogens is 1. The Hall–Kier alpha value is -2.48. The van der Waals surface area contributed by atoms with Crippen molar-refractivity contribution in [2.75, 3.05) is 11.5 Å². The summed E-state index contributed by atoms with van der Waals surface area (Å²) < 4.78 is 49.2. The van der Waals surface area contributed by atoms with Gasteiger partial charge in [-0.2, -0.15) is 8.78 Å². The van der Waals surface area contributed by atoms with Crippen molar-refractivity contribution in [2.45, 2.75) is 33.0 Å². The molecule has 0 spiro atoms. The Kier molecular flexibility index (Phi) is 6.28. The fourth-order valence-corrected chi connectivity index (χ4v) is 4.43. The molecule has 2 aromatic rings. The van der Waals surface area contributed by atoms with Crippen LogP contribution in [0, 0.1) is 13.8 Å². The number of pyridine rings is 1. The smallest absolute Gasteiger partial charge is 0.387 e. The van der Waals surface area contributed by atoms with Crippen molar-refractivity contribution >= 4 is 23.1 Å². The number of ether oxygens (including phenoxy) is 2. The molecule has 0 saturated carbocycles. The molecule has 1 saturated heterocycles. The number of hydrogen-bond donors (Lipinski definition) is 0. The maximum absolute atomic E-state index is 12.7. The molecule has 28 heavy (non-hydrogen) atoms. The molecule has 1 unspecified atom stereocenters. The molecule has 2 atom stereocenters. The van der Waals surface area contributed by atoms with Gasteiger partial charge in [0.05, 0.1) is 5.75 Å². The minimum Gasteiger partial charge on any atom is -0.486 e. The lowest BCUT2D eigenvalue weighted by Crippen LogP contribution is -2.17. The number of rotatable bonds is 6. The summed E-state index contributed by atoms with van der Waals surface area (Å²) in [6.07, 6.45) is 3.90. The highest BCUT2D eigenvalue weighted by molar-refractivity contribution is 7.85. The van der Waals surface area contributed by atoms with E-state index in [0.717, 1.165) is 11.4 Å². The van der Waals surface area contributed by atoms with E-state index in [1.54, 1.807) is 24.4 Å². The van der Waals surface area contributed by atoms with Crippen molar-refractivity contribution in [1.29, 1.82) is 0 Å². The Morgan fingerprint density at radius 1 is 1.18 bits per heavy atom. The van der Waals surface area contributed by atoms with Crippen LogP contribution in [0.2, 0.25) is 0 Å². The normalized spacial score (nSPS) is 19.5. The minimum absolute atomic E-state index is 0.0550. The van der Waals surface area contributed by atoms with Crippen LogP contribution in [0.25, 0.3) is 12.3 Å². The van der Waals surface area contributed by atoms with E-state index in [9.17, 15) is 17.8 Å². The Morgan fingerprint density at radius 3 is 2.50 bits per heavy atom. The van der Waals surface area contributed by atoms with Gasteiger partial charge in [-0.25, -0.2) is 0 Å². The highest BCUT2D eigenvalue weighted by Gasteiger charge is 2.24. The topological polar surface area (TPSA) is 57.5 Å². The van der Waals surface area contributed by atoms with E-state index in [-0.39, 0.29) is 23.0 Å². The van der Waals surface area contributed by atoms with Gasteiger partial charge in [0, 0.05) is 46.3 Å². The molecule has 0 bridgehead atoms. The summed E-state index contributed by atoms with van der Waals surface area (Å²) in [4.78, 5) is 11.5. The number of nitrogens with zero attached hydrogens (tertiary/aromatic N) is 1. The van der Waals surface area contributed by atoms with Gasteiger partial charge >= 0.3 is 6.61 Å². The van der Waals surface area contributed by atoms with E-state index < -0.39 is 17.4 Å². The van der Waals surface area contributed by atoms with Crippen LogP contribution in [0.3, 0.4) is 0 Å². The zero-order valence-corrected chi connectivity index (χ0v) is 16.4. The largest absolute Gasteiger partial charge is 0.486 e. The molecule has 5 nitrogen and oxygen atoms in total. The van der Waals surface area contributed by atoms with Gasteiger partial charge in [0.15, 0.2) is 16.9 Å². The quantitative estimate of drug-likeness (QED) is 0.732. The van der Waals surface area contributed by atoms with Crippen LogP contribution in [0.4, 0.5) is 8.78 Å². The summed E-state index contributed by atoms with van der Waals surface area (Å²) in [6, 6.07) is 7.75. The molecule has 0 radical (unpaired) electrons. The van der Waals surface area contributed by atoms with Crippen LogP contribution in [0.1, 0.15) is 23.4 Å². The lowest BCUT2D eigenvalue weighted by atomic mass is 10.2. The summed E-state index contributed by atoms with van der Waals surface area (Å²) in [5.41, 5.74) is 2.22. The zero-order valence-electron chi connectivity index (χ0n) is 15.6. The highest BCUT2D eigenvalue weighted by Crippen LogP contribution is 2.32. The third-order valence-electron chi connectivity index (χ3n) is 4.40. The third-order valence-corrected chi connectivity index (χ3v) is 5.83. The van der Waals surface area contributed by atoms with E-state index in [4.69, 9.17) is 4.74 Å². The monoisotopic (exact) mass is 409 g/mol. The van der Waals surface area contributed by atoms with E-state index >= 15 is 0 Å². The standard InChI is InChI=1S/C20H21F2NO4S/c1-13-9-16(24)10-14(2)23(13)7-5-15-3-4-18(27-20(21)22)19(11-15)26-17-6-8-28(25)12-17/h3-5,7,9-11,17,20H,6,8,12H2,1-2H3/b7-5+/t17-,28?/m0/s1. The molecule has 0 amide bonds. The average Bonchev–Trinajstić information content (AvgIpc) is 3.00. The first-order valence-electron chi connectivity index (χ1n) is 8.80. The van der Waals surface area contributed by atoms with Crippen LogP contribution < -0.4 is 14.9 Å². The third kappa shape index (κ3) is 5.07. The maximum Gasteiger partial charge on any atom is 0.387 e. The van der Waals surface area contributed by atoms with E-state index in [1.165, 1.54) is 18.2 Å². The zero-order chi connectivity index (χ0) is 20.3. The summed E-state index contributed by atoms with van der Waals surface area (Å²) in [6.45, 7) is 0.688. The number of benzene rings is 1. The Labute approximate surface area is 164 Å². The lowest BCUT2D eigenvalue weighted by molar-refractivity contribution is -0.0519. The number of halogens is 2. The molecule has 1 aliphatic rings. The van der Waals surface area contributed by atoms with Gasteiger partial charge in [0.2, 0.25) is 0 Å². The molecule has 150 valence electrons. The lowest BCUT2D eigenvalue weighted by Gasteiger charge is -2.16. The first-order valence-corrected chi connectivity index (χ1v) is 10.3. The predicted octanol–water partition coefficient (Wildman–Crippen LogP) is 3.59. The molecular formula is C20H21F2NO4S. The molecule has 1 fully saturated rings. The first kappa shape index (κ1) is 20.3. The summed E-state index contributed by atoms with van der Waals surface area (Å²) in [5.74, 6) is 1.06. The molecular weight excluding hydrogens is 388 g/mol. The summed E-state index contributed by atoms with van der Waals surface area (Å²) in [7, 11) is -0.942. The molecule has 1 aromatic heterocycles. The second-order valence-corrected chi connectivity index (χ2v) is 8.20. The number of hydrogen-bond acceptors (Lipinski definition) is 4. The number of aryl methyl sites for hydroxylation is 2. The van der Waals surface area contributed by atoms with Gasteiger partial charge in [-0.3, -0.25) is 9.00 Å². The number of alkyl halides is 2. The molecule has 1 aromatic carbocycles. The molecule has 0 N–H and O–H groups in total. The molecule has 0 aliphatic carbocycles. The van der Waals surface area contributed by atoms with Gasteiger partial charge < -0.3 is 14.0 Å². The summed E-state index contributed by atoms with van der Waals surface area (Å²) in [5, 5.41) is 0. The van der Waals surface area contributed by atoms with Gasteiger partial charge in [0.25, 0.3) is 0 Å². The van der Waals surface area contributed by atoms with Gasteiger partial charge in [0.1, 0.15) is 6.10 Å². The van der Waals surface area contributed by atoms with E-state index in [2.05, 4.69) is 4.74 Å². The van der Waals surface area contributed by atoms with Gasteiger partial charge in [-0.15, -0.1) is 0 Å². The second-order valence-electron chi connectivity index (χ2n) is 6.58. The molecule has 1 aliphatic heterocycles. The molecule has 8 heteroatoms. The first-order chi connectivity index (χ1) is 13.3. The van der Waals surface area contributed by atoms with Crippen molar-refractivity contribution in [3.8, 4) is 11.5 Å².